The summed E-state index contributed by atoms with van der Waals surface area (Å²) in [5.74, 6) is 1.81. The molecular weight excluding hydrogens is 370 g/mol. The van der Waals surface area contributed by atoms with Crippen LogP contribution >= 0.6 is 28.3 Å². The SMILES string of the molecule is CC(Oc1cccc(Br)c1)c1nc(C2(N)CCCC2)no1.Cl. The van der Waals surface area contributed by atoms with Crippen molar-refractivity contribution >= 4 is 28.3 Å². The van der Waals surface area contributed by atoms with Crippen LogP contribution in [0.2, 0.25) is 0 Å². The van der Waals surface area contributed by atoms with E-state index in [4.69, 9.17) is 15.0 Å². The molecule has 2 aromatic rings. The number of halogens is 2. The molecule has 22 heavy (non-hydrogen) atoms. The van der Waals surface area contributed by atoms with Crippen molar-refractivity contribution in [1.29, 1.82) is 0 Å². The maximum atomic E-state index is 6.33. The van der Waals surface area contributed by atoms with Gasteiger partial charge in [-0.1, -0.05) is 40.0 Å². The highest BCUT2D eigenvalue weighted by Crippen LogP contribution is 2.35. The second-order valence-corrected chi connectivity index (χ2v) is 6.45. The molecule has 1 atom stereocenters. The Labute approximate surface area is 144 Å². The van der Waals surface area contributed by atoms with E-state index in [0.29, 0.717) is 11.7 Å². The quantitative estimate of drug-likeness (QED) is 0.852. The second kappa shape index (κ2) is 6.98. The van der Waals surface area contributed by atoms with Crippen molar-refractivity contribution in [2.24, 2.45) is 5.73 Å². The zero-order valence-corrected chi connectivity index (χ0v) is 14.7. The van der Waals surface area contributed by atoms with Crippen LogP contribution in [0.5, 0.6) is 5.75 Å². The van der Waals surface area contributed by atoms with Crippen LogP contribution in [0.15, 0.2) is 33.3 Å². The lowest BCUT2D eigenvalue weighted by molar-refractivity contribution is 0.175. The first-order chi connectivity index (χ1) is 10.1. The molecule has 0 radical (unpaired) electrons. The van der Waals surface area contributed by atoms with E-state index in [1.807, 2.05) is 31.2 Å². The van der Waals surface area contributed by atoms with Gasteiger partial charge in [-0.05, 0) is 38.0 Å². The highest BCUT2D eigenvalue weighted by Gasteiger charge is 2.36. The van der Waals surface area contributed by atoms with Gasteiger partial charge in [-0.25, -0.2) is 0 Å². The molecule has 0 saturated heterocycles. The van der Waals surface area contributed by atoms with E-state index in [0.717, 1.165) is 35.9 Å². The van der Waals surface area contributed by atoms with E-state index < -0.39 is 5.54 Å². The van der Waals surface area contributed by atoms with Gasteiger partial charge in [0.05, 0.1) is 5.54 Å². The summed E-state index contributed by atoms with van der Waals surface area (Å²) in [6.45, 7) is 1.88. The summed E-state index contributed by atoms with van der Waals surface area (Å²) in [6.07, 6.45) is 3.74. The van der Waals surface area contributed by atoms with E-state index in [1.165, 1.54) is 0 Å². The standard InChI is InChI=1S/C15H18BrN3O2.ClH/c1-10(20-12-6-4-5-11(16)9-12)13-18-14(19-21-13)15(17)7-2-3-8-15;/h4-6,9-10H,2-3,7-8,17H2,1H3;1H. The van der Waals surface area contributed by atoms with Crippen molar-refractivity contribution in [3.8, 4) is 5.75 Å². The van der Waals surface area contributed by atoms with Gasteiger partial charge in [-0.15, -0.1) is 12.4 Å². The lowest BCUT2D eigenvalue weighted by Crippen LogP contribution is -2.34. The summed E-state index contributed by atoms with van der Waals surface area (Å²) in [4.78, 5) is 4.44. The van der Waals surface area contributed by atoms with Crippen molar-refractivity contribution in [2.75, 3.05) is 0 Å². The molecule has 1 aromatic heterocycles. The summed E-state index contributed by atoms with van der Waals surface area (Å²) in [5, 5.41) is 4.05. The minimum atomic E-state index is -0.433. The monoisotopic (exact) mass is 387 g/mol. The maximum absolute atomic E-state index is 6.33. The molecule has 3 rings (SSSR count). The average Bonchev–Trinajstić information content (AvgIpc) is 3.08. The zero-order chi connectivity index (χ0) is 14.9. The number of rotatable bonds is 4. The number of hydrogen-bond acceptors (Lipinski definition) is 5. The predicted molar refractivity (Wildman–Crippen MR) is 89.1 cm³/mol. The molecule has 0 aliphatic heterocycles. The second-order valence-electron chi connectivity index (χ2n) is 5.54. The van der Waals surface area contributed by atoms with E-state index in [1.54, 1.807) is 0 Å². The molecule has 1 unspecified atom stereocenters. The molecule has 5 nitrogen and oxygen atoms in total. The van der Waals surface area contributed by atoms with Gasteiger partial charge < -0.3 is 15.0 Å². The van der Waals surface area contributed by atoms with E-state index >= 15 is 0 Å². The Morgan fingerprint density at radius 3 is 2.77 bits per heavy atom. The number of nitrogens with two attached hydrogens (primary N) is 1. The first-order valence-corrected chi connectivity index (χ1v) is 7.91. The smallest absolute Gasteiger partial charge is 0.267 e. The fourth-order valence-electron chi connectivity index (χ4n) is 2.63. The van der Waals surface area contributed by atoms with Gasteiger partial charge in [0, 0.05) is 4.47 Å². The van der Waals surface area contributed by atoms with E-state index in [-0.39, 0.29) is 18.5 Å². The summed E-state index contributed by atoms with van der Waals surface area (Å²) in [5.41, 5.74) is 5.90. The minimum absolute atomic E-state index is 0. The van der Waals surface area contributed by atoms with Crippen LogP contribution in [0.4, 0.5) is 0 Å². The Morgan fingerprint density at radius 2 is 2.09 bits per heavy atom. The van der Waals surface area contributed by atoms with Gasteiger partial charge in [0.15, 0.2) is 11.9 Å². The topological polar surface area (TPSA) is 74.2 Å². The van der Waals surface area contributed by atoms with E-state index in [2.05, 4.69) is 26.1 Å². The molecule has 0 spiro atoms. The van der Waals surface area contributed by atoms with Crippen LogP contribution in [-0.4, -0.2) is 10.1 Å². The Hall–Kier alpha value is -1.11. The Morgan fingerprint density at radius 1 is 1.36 bits per heavy atom. The number of hydrogen-bond donors (Lipinski definition) is 1. The Kier molecular flexibility index (Phi) is 5.47. The third-order valence-electron chi connectivity index (χ3n) is 3.84. The molecule has 2 N–H and O–H groups in total. The van der Waals surface area contributed by atoms with Crippen LogP contribution < -0.4 is 10.5 Å². The Bertz CT molecular complexity index is 629. The first kappa shape index (κ1) is 17.2. The fourth-order valence-corrected chi connectivity index (χ4v) is 3.01. The minimum Gasteiger partial charge on any atom is -0.481 e. The first-order valence-electron chi connectivity index (χ1n) is 7.12. The predicted octanol–water partition coefficient (Wildman–Crippen LogP) is 4.12. The number of aromatic nitrogens is 2. The van der Waals surface area contributed by atoms with E-state index in [9.17, 15) is 0 Å². The van der Waals surface area contributed by atoms with Gasteiger partial charge in [-0.2, -0.15) is 4.98 Å². The molecule has 1 heterocycles. The van der Waals surface area contributed by atoms with Crippen LogP contribution in [0.25, 0.3) is 0 Å². The van der Waals surface area contributed by atoms with Gasteiger partial charge in [0.1, 0.15) is 5.75 Å². The van der Waals surface area contributed by atoms with Crippen LogP contribution in [0, 0.1) is 0 Å². The summed E-state index contributed by atoms with van der Waals surface area (Å²) in [7, 11) is 0. The molecule has 1 aliphatic rings. The highest BCUT2D eigenvalue weighted by atomic mass is 79.9. The van der Waals surface area contributed by atoms with Gasteiger partial charge in [-0.3, -0.25) is 0 Å². The van der Waals surface area contributed by atoms with Crippen molar-refractivity contribution in [3.05, 3.63) is 40.5 Å². The fraction of sp³-hybridized carbons (Fsp3) is 0.467. The van der Waals surface area contributed by atoms with Crippen molar-refractivity contribution < 1.29 is 9.26 Å². The number of nitrogens with zero attached hydrogens (tertiary/aromatic N) is 2. The van der Waals surface area contributed by atoms with Crippen LogP contribution in [0.3, 0.4) is 0 Å². The van der Waals surface area contributed by atoms with Crippen molar-refractivity contribution in [2.45, 2.75) is 44.2 Å². The highest BCUT2D eigenvalue weighted by molar-refractivity contribution is 9.10. The Balaban J connectivity index is 0.00000176. The molecule has 7 heteroatoms. The molecule has 0 bridgehead atoms. The molecule has 1 saturated carbocycles. The summed E-state index contributed by atoms with van der Waals surface area (Å²) < 4.78 is 12.1. The van der Waals surface area contributed by atoms with Gasteiger partial charge in [0.25, 0.3) is 5.89 Å². The average molecular weight is 389 g/mol. The molecule has 1 fully saturated rings. The lowest BCUT2D eigenvalue weighted by Gasteiger charge is -2.17. The number of ether oxygens (including phenoxy) is 1. The van der Waals surface area contributed by atoms with Crippen LogP contribution in [-0.2, 0) is 5.54 Å². The summed E-state index contributed by atoms with van der Waals surface area (Å²) >= 11 is 3.42. The van der Waals surface area contributed by atoms with Crippen molar-refractivity contribution in [3.63, 3.8) is 0 Å². The summed E-state index contributed by atoms with van der Waals surface area (Å²) in [6, 6.07) is 7.65. The largest absolute Gasteiger partial charge is 0.481 e. The van der Waals surface area contributed by atoms with Crippen molar-refractivity contribution in [1.82, 2.24) is 10.1 Å². The molecular formula is C15H19BrClN3O2. The third-order valence-corrected chi connectivity index (χ3v) is 4.33. The molecule has 0 amide bonds. The van der Waals surface area contributed by atoms with Gasteiger partial charge in [0.2, 0.25) is 0 Å². The third kappa shape index (κ3) is 3.62. The van der Waals surface area contributed by atoms with Crippen LogP contribution in [0.1, 0.15) is 50.4 Å². The zero-order valence-electron chi connectivity index (χ0n) is 12.3. The normalized spacial score (nSPS) is 17.8. The lowest BCUT2D eigenvalue weighted by atomic mass is 9.99. The molecule has 120 valence electrons. The van der Waals surface area contributed by atoms with Gasteiger partial charge >= 0.3 is 0 Å². The molecule has 1 aliphatic carbocycles. The number of benzene rings is 1. The maximum Gasteiger partial charge on any atom is 0.267 e. The molecule has 1 aromatic carbocycles.